The largest absolute Gasteiger partial charge is 0.383 e. The van der Waals surface area contributed by atoms with Crippen molar-refractivity contribution < 1.29 is 23.1 Å². The van der Waals surface area contributed by atoms with Crippen molar-refractivity contribution in [1.29, 1.82) is 0 Å². The van der Waals surface area contributed by atoms with E-state index < -0.39 is 35.1 Å². The maximum absolute atomic E-state index is 14.0. The van der Waals surface area contributed by atoms with Crippen LogP contribution in [0.1, 0.15) is 22.8 Å². The number of carbonyl (C=O) groups excluding carboxylic acids is 2. The molecule has 1 aromatic rings. The summed E-state index contributed by atoms with van der Waals surface area (Å²) in [4.78, 5) is 24.6. The topological polar surface area (TPSA) is 72.6 Å². The number of primary amides is 1. The Morgan fingerprint density at radius 2 is 2.00 bits per heavy atom. The Kier molecular flexibility index (Phi) is 5.78. The zero-order valence-electron chi connectivity index (χ0n) is 12.2. The van der Waals surface area contributed by atoms with E-state index in [4.69, 9.17) is 10.5 Å². The Labute approximate surface area is 121 Å². The summed E-state index contributed by atoms with van der Waals surface area (Å²) in [6.45, 7) is 2.91. The number of nitrogens with zero attached hydrogens (tertiary/aromatic N) is 1. The minimum atomic E-state index is -1.01. The molecule has 0 fully saturated rings. The van der Waals surface area contributed by atoms with Gasteiger partial charge in [0.05, 0.1) is 6.61 Å². The molecule has 0 bridgehead atoms. The van der Waals surface area contributed by atoms with Crippen molar-refractivity contribution in [1.82, 2.24) is 4.90 Å². The number of carbonyl (C=O) groups is 2. The highest BCUT2D eigenvalue weighted by Gasteiger charge is 2.29. The van der Waals surface area contributed by atoms with Crippen molar-refractivity contribution in [2.24, 2.45) is 5.73 Å². The van der Waals surface area contributed by atoms with Gasteiger partial charge in [0, 0.05) is 13.7 Å². The summed E-state index contributed by atoms with van der Waals surface area (Å²) in [6.07, 6.45) is 0. The highest BCUT2D eigenvalue weighted by atomic mass is 19.1. The van der Waals surface area contributed by atoms with Crippen LogP contribution in [0.2, 0.25) is 0 Å². The third kappa shape index (κ3) is 3.75. The molecule has 0 aliphatic carbocycles. The predicted molar refractivity (Wildman–Crippen MR) is 72.7 cm³/mol. The SMILES string of the molecule is COCCN(C(=O)c1c(F)ccc(C)c1F)[C@@H](C)C(N)=O. The molecule has 7 heteroatoms. The van der Waals surface area contributed by atoms with Crippen LogP contribution in [0.25, 0.3) is 0 Å². The molecule has 2 N–H and O–H groups in total. The molecule has 0 unspecified atom stereocenters. The number of aryl methyl sites for hydroxylation is 1. The molecule has 0 aliphatic rings. The molecule has 2 amide bonds. The lowest BCUT2D eigenvalue weighted by atomic mass is 10.1. The molecule has 1 rings (SSSR count). The molecule has 0 saturated heterocycles. The Balaban J connectivity index is 3.22. The fraction of sp³-hybridized carbons (Fsp3) is 0.429. The number of methoxy groups -OCH3 is 1. The maximum atomic E-state index is 14.0. The van der Waals surface area contributed by atoms with Crippen LogP contribution in [-0.4, -0.2) is 43.0 Å². The van der Waals surface area contributed by atoms with Gasteiger partial charge in [-0.25, -0.2) is 8.78 Å². The van der Waals surface area contributed by atoms with Crippen LogP contribution in [-0.2, 0) is 9.53 Å². The first-order valence-corrected chi connectivity index (χ1v) is 6.35. The van der Waals surface area contributed by atoms with E-state index in [1.807, 2.05) is 0 Å². The normalized spacial score (nSPS) is 12.0. The summed E-state index contributed by atoms with van der Waals surface area (Å²) in [6, 6.07) is 1.24. The summed E-state index contributed by atoms with van der Waals surface area (Å²) in [7, 11) is 1.41. The van der Waals surface area contributed by atoms with E-state index in [0.29, 0.717) is 0 Å². The summed E-state index contributed by atoms with van der Waals surface area (Å²) < 4.78 is 32.7. The quantitative estimate of drug-likeness (QED) is 0.859. The molecule has 5 nitrogen and oxygen atoms in total. The van der Waals surface area contributed by atoms with Crippen LogP contribution in [0, 0.1) is 18.6 Å². The van der Waals surface area contributed by atoms with Crippen LogP contribution in [0.15, 0.2) is 12.1 Å². The van der Waals surface area contributed by atoms with E-state index >= 15 is 0 Å². The lowest BCUT2D eigenvalue weighted by Crippen LogP contribution is -2.48. The van der Waals surface area contributed by atoms with Crippen LogP contribution < -0.4 is 5.73 Å². The van der Waals surface area contributed by atoms with Gasteiger partial charge >= 0.3 is 0 Å². The van der Waals surface area contributed by atoms with E-state index in [1.54, 1.807) is 0 Å². The fourth-order valence-corrected chi connectivity index (χ4v) is 1.81. The van der Waals surface area contributed by atoms with Gasteiger partial charge < -0.3 is 15.4 Å². The lowest BCUT2D eigenvalue weighted by Gasteiger charge is -2.27. The summed E-state index contributed by atoms with van der Waals surface area (Å²) in [5, 5.41) is 0. The smallest absolute Gasteiger partial charge is 0.260 e. The summed E-state index contributed by atoms with van der Waals surface area (Å²) in [5.74, 6) is -3.63. The molecule has 0 saturated carbocycles. The van der Waals surface area contributed by atoms with Gasteiger partial charge in [-0.1, -0.05) is 6.07 Å². The van der Waals surface area contributed by atoms with Crippen LogP contribution in [0.5, 0.6) is 0 Å². The second-order valence-electron chi connectivity index (χ2n) is 4.62. The number of nitrogens with two attached hydrogens (primary N) is 1. The molecule has 0 aromatic heterocycles. The minimum Gasteiger partial charge on any atom is -0.383 e. The average molecular weight is 300 g/mol. The Hall–Kier alpha value is -2.02. The number of ether oxygens (including phenoxy) is 1. The second kappa shape index (κ2) is 7.12. The van der Waals surface area contributed by atoms with Gasteiger partial charge in [0.15, 0.2) is 0 Å². The lowest BCUT2D eigenvalue weighted by molar-refractivity contribution is -0.122. The highest BCUT2D eigenvalue weighted by molar-refractivity contribution is 5.97. The van der Waals surface area contributed by atoms with Gasteiger partial charge in [-0.3, -0.25) is 9.59 Å². The molecule has 0 radical (unpaired) electrons. The molecule has 21 heavy (non-hydrogen) atoms. The van der Waals surface area contributed by atoms with E-state index in [-0.39, 0.29) is 18.7 Å². The molecule has 0 spiro atoms. The fourth-order valence-electron chi connectivity index (χ4n) is 1.81. The number of rotatable bonds is 6. The molecular weight excluding hydrogens is 282 g/mol. The van der Waals surface area contributed by atoms with Crippen molar-refractivity contribution in [3.63, 3.8) is 0 Å². The monoisotopic (exact) mass is 300 g/mol. The number of halogens is 2. The Morgan fingerprint density at radius 3 is 2.52 bits per heavy atom. The highest BCUT2D eigenvalue weighted by Crippen LogP contribution is 2.19. The first-order valence-electron chi connectivity index (χ1n) is 6.35. The number of hydrogen-bond donors (Lipinski definition) is 1. The van der Waals surface area contributed by atoms with E-state index in [0.717, 1.165) is 11.0 Å². The van der Waals surface area contributed by atoms with E-state index in [1.165, 1.54) is 27.0 Å². The zero-order chi connectivity index (χ0) is 16.2. The summed E-state index contributed by atoms with van der Waals surface area (Å²) in [5.41, 5.74) is 4.61. The second-order valence-corrected chi connectivity index (χ2v) is 4.62. The number of hydrogen-bond acceptors (Lipinski definition) is 3. The first kappa shape index (κ1) is 17.0. The maximum Gasteiger partial charge on any atom is 0.260 e. The zero-order valence-corrected chi connectivity index (χ0v) is 12.2. The van der Waals surface area contributed by atoms with Crippen LogP contribution in [0.4, 0.5) is 8.78 Å². The molecule has 116 valence electrons. The standard InChI is InChI=1S/C14H18F2N2O3/c1-8-4-5-10(15)11(12(8)16)14(20)18(6-7-21-3)9(2)13(17)19/h4-5,9H,6-7H2,1-3H3,(H2,17,19)/t9-/m0/s1. The number of benzene rings is 1. The van der Waals surface area contributed by atoms with Gasteiger partial charge in [-0.2, -0.15) is 0 Å². The van der Waals surface area contributed by atoms with Crippen molar-refractivity contribution in [3.8, 4) is 0 Å². The average Bonchev–Trinajstić information content (AvgIpc) is 2.43. The Bertz CT molecular complexity index is 549. The summed E-state index contributed by atoms with van der Waals surface area (Å²) >= 11 is 0. The van der Waals surface area contributed by atoms with Crippen molar-refractivity contribution in [2.45, 2.75) is 19.9 Å². The minimum absolute atomic E-state index is 0.00768. The molecule has 1 aromatic carbocycles. The van der Waals surface area contributed by atoms with Gasteiger partial charge in [-0.05, 0) is 25.5 Å². The van der Waals surface area contributed by atoms with Gasteiger partial charge in [0.2, 0.25) is 5.91 Å². The van der Waals surface area contributed by atoms with Gasteiger partial charge in [-0.15, -0.1) is 0 Å². The van der Waals surface area contributed by atoms with Crippen LogP contribution in [0.3, 0.4) is 0 Å². The van der Waals surface area contributed by atoms with Crippen molar-refractivity contribution in [2.75, 3.05) is 20.3 Å². The third-order valence-corrected chi connectivity index (χ3v) is 3.17. The Morgan fingerprint density at radius 1 is 1.38 bits per heavy atom. The molecule has 0 aliphatic heterocycles. The van der Waals surface area contributed by atoms with E-state index in [2.05, 4.69) is 0 Å². The number of amides is 2. The third-order valence-electron chi connectivity index (χ3n) is 3.17. The van der Waals surface area contributed by atoms with Crippen LogP contribution >= 0.6 is 0 Å². The van der Waals surface area contributed by atoms with E-state index in [9.17, 15) is 18.4 Å². The molecule has 1 atom stereocenters. The first-order chi connectivity index (χ1) is 9.81. The van der Waals surface area contributed by atoms with Crippen molar-refractivity contribution >= 4 is 11.8 Å². The van der Waals surface area contributed by atoms with Gasteiger partial charge in [0.25, 0.3) is 5.91 Å². The van der Waals surface area contributed by atoms with Crippen molar-refractivity contribution in [3.05, 3.63) is 34.9 Å². The molecular formula is C14H18F2N2O3. The van der Waals surface area contributed by atoms with Gasteiger partial charge in [0.1, 0.15) is 23.2 Å². The molecule has 0 heterocycles. The predicted octanol–water partition coefficient (Wildman–Crippen LogP) is 1.24.